The first-order valence-electron chi connectivity index (χ1n) is 11.8. The van der Waals surface area contributed by atoms with Crippen LogP contribution in [0.3, 0.4) is 0 Å². The van der Waals surface area contributed by atoms with Gasteiger partial charge in [-0.05, 0) is 71.4 Å². The molecule has 0 N–H and O–H groups in total. The van der Waals surface area contributed by atoms with Crippen LogP contribution in [0.2, 0.25) is 0 Å². The maximum Gasteiger partial charge on any atom is 0.134 e. The summed E-state index contributed by atoms with van der Waals surface area (Å²) in [5.41, 5.74) is 2.16. The van der Waals surface area contributed by atoms with Crippen molar-refractivity contribution in [2.45, 2.75) is 0 Å². The third kappa shape index (κ3) is 3.19. The molecular weight excluding hydrogens is 549 g/mol. The number of aromatic nitrogens is 2. The second kappa shape index (κ2) is 7.66. The van der Waals surface area contributed by atoms with Crippen LogP contribution in [0.5, 0.6) is 0 Å². The van der Waals surface area contributed by atoms with Crippen molar-refractivity contribution in [1.29, 1.82) is 0 Å². The Morgan fingerprint density at radius 2 is 0.892 bits per heavy atom. The first-order chi connectivity index (χ1) is 18.2. The molecule has 174 valence electrons. The first-order valence-corrected chi connectivity index (χ1v) is 15.9. The number of fused-ring (bicyclic) bond motifs is 7. The van der Waals surface area contributed by atoms with Crippen LogP contribution in [0, 0.1) is 0 Å². The monoisotopic (exact) mass is 562 g/mol. The fraction of sp³-hybridized carbons (Fsp3) is 0. The summed E-state index contributed by atoms with van der Waals surface area (Å²) in [7, 11) is 0. The summed E-state index contributed by atoms with van der Waals surface area (Å²) in [6, 6.07) is 30.9. The minimum atomic E-state index is 1.08. The van der Waals surface area contributed by atoms with Crippen LogP contribution in [0.25, 0.3) is 80.5 Å². The van der Waals surface area contributed by atoms with Crippen LogP contribution in [0.4, 0.5) is 0 Å². The molecule has 0 aliphatic heterocycles. The minimum Gasteiger partial charge on any atom is -0.235 e. The second-order valence-electron chi connectivity index (χ2n) is 9.07. The highest BCUT2D eigenvalue weighted by atomic mass is 32.1. The summed E-state index contributed by atoms with van der Waals surface area (Å²) in [6.45, 7) is 0. The lowest BCUT2D eigenvalue weighted by Crippen LogP contribution is -1.69. The van der Waals surface area contributed by atoms with Crippen LogP contribution in [0.15, 0.2) is 84.9 Å². The molecule has 0 fully saturated rings. The van der Waals surface area contributed by atoms with E-state index in [9.17, 15) is 0 Å². The Hall–Kier alpha value is -3.20. The fourth-order valence-electron chi connectivity index (χ4n) is 5.01. The summed E-state index contributed by atoms with van der Waals surface area (Å²) in [4.78, 5) is 12.3. The van der Waals surface area contributed by atoms with Gasteiger partial charge in [-0.15, -0.1) is 56.7 Å². The fourth-order valence-corrected chi connectivity index (χ4v) is 10.5. The maximum atomic E-state index is 4.89. The molecule has 5 aromatic heterocycles. The van der Waals surface area contributed by atoms with Crippen molar-refractivity contribution in [2.24, 2.45) is 0 Å². The number of thiazole rings is 2. The first kappa shape index (κ1) is 20.8. The lowest BCUT2D eigenvalue weighted by Gasteiger charge is -1.94. The Kier molecular flexibility index (Phi) is 4.31. The molecular formula is C30H14N2S5. The summed E-state index contributed by atoms with van der Waals surface area (Å²) < 4.78 is 7.84. The van der Waals surface area contributed by atoms with Crippen molar-refractivity contribution in [3.63, 3.8) is 0 Å². The second-order valence-corrected chi connectivity index (χ2v) is 14.4. The van der Waals surface area contributed by atoms with Gasteiger partial charge in [-0.1, -0.05) is 24.3 Å². The highest BCUT2D eigenvalue weighted by Crippen LogP contribution is 2.45. The van der Waals surface area contributed by atoms with Crippen LogP contribution in [-0.2, 0) is 0 Å². The van der Waals surface area contributed by atoms with E-state index < -0.39 is 0 Å². The highest BCUT2D eigenvalue weighted by Gasteiger charge is 2.15. The number of hydrogen-bond acceptors (Lipinski definition) is 7. The average molecular weight is 563 g/mol. The number of thiophene rings is 3. The topological polar surface area (TPSA) is 25.8 Å². The van der Waals surface area contributed by atoms with E-state index in [1.165, 1.54) is 59.5 Å². The van der Waals surface area contributed by atoms with Crippen molar-refractivity contribution in [3.05, 3.63) is 84.9 Å². The predicted molar refractivity (Wildman–Crippen MR) is 167 cm³/mol. The van der Waals surface area contributed by atoms with Crippen molar-refractivity contribution >= 4 is 117 Å². The van der Waals surface area contributed by atoms with Crippen LogP contribution >= 0.6 is 56.7 Å². The van der Waals surface area contributed by atoms with Crippen LogP contribution < -0.4 is 0 Å². The Morgan fingerprint density at radius 3 is 1.38 bits per heavy atom. The Morgan fingerprint density at radius 1 is 0.405 bits per heavy atom. The third-order valence-electron chi connectivity index (χ3n) is 6.76. The molecule has 0 radical (unpaired) electrons. The Balaban J connectivity index is 1.19. The zero-order valence-corrected chi connectivity index (χ0v) is 23.1. The summed E-state index contributed by atoms with van der Waals surface area (Å²) in [6.07, 6.45) is 0. The molecule has 0 unspecified atom stereocenters. The molecule has 0 aliphatic carbocycles. The molecule has 4 aromatic carbocycles. The largest absolute Gasteiger partial charge is 0.235 e. The van der Waals surface area contributed by atoms with Crippen molar-refractivity contribution in [3.8, 4) is 19.8 Å². The Bertz CT molecular complexity index is 2100. The third-order valence-corrected chi connectivity index (χ3v) is 12.5. The molecule has 0 amide bonds. The minimum absolute atomic E-state index is 1.08. The van der Waals surface area contributed by atoms with E-state index in [1.54, 1.807) is 22.7 Å². The number of benzene rings is 4. The van der Waals surface area contributed by atoms with Crippen molar-refractivity contribution in [2.75, 3.05) is 0 Å². The zero-order chi connectivity index (χ0) is 24.1. The molecule has 0 bridgehead atoms. The van der Waals surface area contributed by atoms with E-state index in [4.69, 9.17) is 9.97 Å². The molecule has 9 rings (SSSR count). The van der Waals surface area contributed by atoms with Gasteiger partial charge in [0.2, 0.25) is 0 Å². The van der Waals surface area contributed by atoms with E-state index >= 15 is 0 Å². The molecule has 9 aromatic rings. The smallest absolute Gasteiger partial charge is 0.134 e. The van der Waals surface area contributed by atoms with Crippen LogP contribution in [-0.4, -0.2) is 9.97 Å². The van der Waals surface area contributed by atoms with E-state index in [0.717, 1.165) is 21.0 Å². The van der Waals surface area contributed by atoms with E-state index in [0.29, 0.717) is 0 Å². The maximum absolute atomic E-state index is 4.89. The van der Waals surface area contributed by atoms with Gasteiger partial charge in [-0.2, -0.15) is 0 Å². The molecule has 0 saturated heterocycles. The molecule has 7 heteroatoms. The van der Waals surface area contributed by atoms with Crippen molar-refractivity contribution in [1.82, 2.24) is 9.97 Å². The van der Waals surface area contributed by atoms with Crippen LogP contribution in [0.1, 0.15) is 0 Å². The van der Waals surface area contributed by atoms with Gasteiger partial charge in [-0.3, -0.25) is 0 Å². The Labute approximate surface area is 230 Å². The van der Waals surface area contributed by atoms with E-state index in [2.05, 4.69) is 84.9 Å². The van der Waals surface area contributed by atoms with Gasteiger partial charge >= 0.3 is 0 Å². The summed E-state index contributed by atoms with van der Waals surface area (Å²) >= 11 is 9.14. The molecule has 0 saturated carbocycles. The van der Waals surface area contributed by atoms with Crippen molar-refractivity contribution < 1.29 is 0 Å². The molecule has 2 nitrogen and oxygen atoms in total. The average Bonchev–Trinajstić information content (AvgIpc) is 3.72. The normalized spacial score (nSPS) is 12.3. The standard InChI is InChI=1S/C30H14N2S5/c1-3-7-21-19(5-1)31-29(36-21)27-11-15-9-17-18-10-16-12-28(30-32-20-6-2-4-8-22(20)37-30)34-24(16)14-26(18)35-25(17)13-23(15)33-27/h1-14H. The molecule has 0 atom stereocenters. The quantitative estimate of drug-likeness (QED) is 0.209. The molecule has 5 heterocycles. The van der Waals surface area contributed by atoms with E-state index in [-0.39, 0.29) is 0 Å². The lowest BCUT2D eigenvalue weighted by atomic mass is 10.1. The van der Waals surface area contributed by atoms with Gasteiger partial charge in [0.1, 0.15) is 10.0 Å². The predicted octanol–water partition coefficient (Wildman–Crippen LogP) is 11.0. The zero-order valence-electron chi connectivity index (χ0n) is 19.0. The number of rotatable bonds is 2. The number of nitrogens with zero attached hydrogens (tertiary/aromatic N) is 2. The summed E-state index contributed by atoms with van der Waals surface area (Å²) in [5.74, 6) is 0. The van der Waals surface area contributed by atoms with Gasteiger partial charge < -0.3 is 0 Å². The van der Waals surface area contributed by atoms with Gasteiger partial charge in [0.05, 0.1) is 30.2 Å². The SMILES string of the molecule is c1ccc2sc(-c3cc4cc5c(cc4s3)sc3cc4sc(-c6nc7ccccc7s6)cc4cc35)nc2c1. The van der Waals surface area contributed by atoms with E-state index in [1.807, 2.05) is 34.0 Å². The van der Waals surface area contributed by atoms with Gasteiger partial charge in [0, 0.05) is 29.6 Å². The van der Waals surface area contributed by atoms with Gasteiger partial charge in [0.15, 0.2) is 0 Å². The van der Waals surface area contributed by atoms with Gasteiger partial charge in [0.25, 0.3) is 0 Å². The molecule has 0 aliphatic rings. The number of hydrogen-bond donors (Lipinski definition) is 0. The van der Waals surface area contributed by atoms with Gasteiger partial charge in [-0.25, -0.2) is 9.97 Å². The number of para-hydroxylation sites is 2. The highest BCUT2D eigenvalue weighted by molar-refractivity contribution is 7.30. The summed E-state index contributed by atoms with van der Waals surface area (Å²) in [5, 5.41) is 7.50. The lowest BCUT2D eigenvalue weighted by molar-refractivity contribution is 1.50. The molecule has 0 spiro atoms. The molecule has 37 heavy (non-hydrogen) atoms.